The van der Waals surface area contributed by atoms with Gasteiger partial charge in [-0.3, -0.25) is 4.79 Å². The van der Waals surface area contributed by atoms with Gasteiger partial charge < -0.3 is 14.5 Å². The van der Waals surface area contributed by atoms with Crippen LogP contribution in [0.1, 0.15) is 70.4 Å². The molecule has 3 aromatic carbocycles. The number of para-hydroxylation sites is 1. The first-order valence-electron chi connectivity index (χ1n) is 15.0. The summed E-state index contributed by atoms with van der Waals surface area (Å²) in [7, 11) is 0. The number of aromatic nitrogens is 1. The number of hydrogen-bond donors (Lipinski definition) is 1. The Morgan fingerprint density at radius 1 is 1.00 bits per heavy atom. The third kappa shape index (κ3) is 7.27. The van der Waals surface area contributed by atoms with Crippen molar-refractivity contribution in [2.24, 2.45) is 11.8 Å². The molecule has 233 valence electrons. The molecule has 1 N–H and O–H groups in total. The minimum absolute atomic E-state index is 0. The first-order chi connectivity index (χ1) is 20.4. The molecule has 1 radical (unpaired) electrons. The molecule has 2 heterocycles. The Labute approximate surface area is 270 Å². The SMILES string of the molecule is CC(C)C(=O)/C=C(\O)C(C)C.Cc1[c-]c(-c2nccc3cc(C4CCC(F)(F)CC4)ccc23)c2oc3ccccc3c2c1.[Ir]. The molecule has 2 aromatic heterocycles. The maximum Gasteiger partial charge on any atom is 0.248 e. The van der Waals surface area contributed by atoms with Gasteiger partial charge in [0.05, 0.1) is 11.3 Å². The summed E-state index contributed by atoms with van der Waals surface area (Å²) < 4.78 is 33.4. The van der Waals surface area contributed by atoms with E-state index >= 15 is 0 Å². The molecule has 0 spiro atoms. The van der Waals surface area contributed by atoms with Crippen LogP contribution >= 0.6 is 0 Å². The summed E-state index contributed by atoms with van der Waals surface area (Å²) >= 11 is 0. The van der Waals surface area contributed by atoms with Gasteiger partial charge in [0.2, 0.25) is 5.92 Å². The quantitative estimate of drug-likeness (QED) is 0.110. The van der Waals surface area contributed by atoms with Crippen LogP contribution < -0.4 is 0 Å². The molecule has 1 fully saturated rings. The standard InChI is InChI=1S/C28H22F2NO.C9H16O2.Ir/c1-17-14-23-22-4-2-3-5-25(22)32-27(23)24(15-17)26-21-7-6-19(16-20(21)10-13-31-26)18-8-11-28(29,30)12-9-18;1-6(2)8(10)5-9(11)7(3)4;/h2-7,10,13-14,16,18H,8-9,11-12H2,1H3;5-7,10H,1-4H3;/q-1;;/b;8-5-;. The summed E-state index contributed by atoms with van der Waals surface area (Å²) in [5.41, 5.74) is 5.48. The number of halogens is 2. The van der Waals surface area contributed by atoms with E-state index in [2.05, 4.69) is 36.4 Å². The molecule has 44 heavy (non-hydrogen) atoms. The average Bonchev–Trinajstić information content (AvgIpc) is 3.35. The van der Waals surface area contributed by atoms with Gasteiger partial charge in [0, 0.05) is 62.4 Å². The summed E-state index contributed by atoms with van der Waals surface area (Å²) in [6, 6.07) is 21.9. The third-order valence-corrected chi connectivity index (χ3v) is 8.21. The number of ketones is 1. The molecular formula is C37H38F2IrNO3-. The number of benzene rings is 3. The number of alkyl halides is 2. The topological polar surface area (TPSA) is 63.3 Å². The van der Waals surface area contributed by atoms with Gasteiger partial charge >= 0.3 is 0 Å². The first-order valence-corrected chi connectivity index (χ1v) is 15.0. The molecule has 1 aliphatic rings. The summed E-state index contributed by atoms with van der Waals surface area (Å²) in [5.74, 6) is -2.17. The molecule has 0 unspecified atom stereocenters. The molecule has 0 amide bonds. The van der Waals surface area contributed by atoms with E-state index in [1.165, 1.54) is 6.08 Å². The van der Waals surface area contributed by atoms with E-state index in [0.717, 1.165) is 55.1 Å². The Balaban J connectivity index is 0.000000318. The monoisotopic (exact) mass is 775 g/mol. The number of fused-ring (bicyclic) bond motifs is 4. The van der Waals surface area contributed by atoms with Crippen LogP contribution in [0.15, 0.2) is 77.0 Å². The average molecular weight is 775 g/mol. The van der Waals surface area contributed by atoms with Crippen molar-refractivity contribution >= 4 is 38.5 Å². The van der Waals surface area contributed by atoms with Gasteiger partial charge in [-0.1, -0.05) is 82.0 Å². The Hall–Kier alpha value is -3.41. The second kappa shape index (κ2) is 13.7. The van der Waals surface area contributed by atoms with Crippen molar-refractivity contribution in [3.05, 3.63) is 89.8 Å². The zero-order valence-corrected chi connectivity index (χ0v) is 28.1. The second-order valence-corrected chi connectivity index (χ2v) is 12.2. The molecule has 0 bridgehead atoms. The van der Waals surface area contributed by atoms with Crippen LogP contribution in [0, 0.1) is 24.8 Å². The van der Waals surface area contributed by atoms with E-state index < -0.39 is 5.92 Å². The molecule has 7 heteroatoms. The minimum Gasteiger partial charge on any atom is -0.512 e. The zero-order valence-electron chi connectivity index (χ0n) is 25.7. The van der Waals surface area contributed by atoms with E-state index in [-0.39, 0.29) is 62.2 Å². The number of rotatable bonds is 5. The number of allylic oxidation sites excluding steroid dienone is 2. The number of aryl methyl sites for hydroxylation is 1. The van der Waals surface area contributed by atoms with Gasteiger partial charge in [-0.15, -0.1) is 17.7 Å². The van der Waals surface area contributed by atoms with Gasteiger partial charge in [0.15, 0.2) is 5.78 Å². The first kappa shape index (κ1) is 33.5. The third-order valence-electron chi connectivity index (χ3n) is 8.21. The van der Waals surface area contributed by atoms with Crippen molar-refractivity contribution < 1.29 is 43.2 Å². The van der Waals surface area contributed by atoms with Gasteiger partial charge in [-0.2, -0.15) is 0 Å². The van der Waals surface area contributed by atoms with E-state index in [0.29, 0.717) is 12.8 Å². The number of aliphatic hydroxyl groups is 1. The normalized spacial score (nSPS) is 15.4. The smallest absolute Gasteiger partial charge is 0.248 e. The molecule has 0 saturated heterocycles. The fourth-order valence-electron chi connectivity index (χ4n) is 5.57. The molecule has 6 rings (SSSR count). The van der Waals surface area contributed by atoms with Gasteiger partial charge in [-0.05, 0) is 52.9 Å². The van der Waals surface area contributed by atoms with Crippen molar-refractivity contribution in [2.75, 3.05) is 0 Å². The van der Waals surface area contributed by atoms with Crippen LogP contribution in [0.25, 0.3) is 44.0 Å². The zero-order chi connectivity index (χ0) is 30.9. The van der Waals surface area contributed by atoms with Crippen molar-refractivity contribution in [3.8, 4) is 11.3 Å². The van der Waals surface area contributed by atoms with Crippen LogP contribution in [0.5, 0.6) is 0 Å². The number of pyridine rings is 1. The Morgan fingerprint density at radius 3 is 2.39 bits per heavy atom. The Bertz CT molecular complexity index is 1810. The van der Waals surface area contributed by atoms with E-state index in [4.69, 9.17) is 9.40 Å². The molecule has 0 atom stereocenters. The fraction of sp³-hybridized carbons (Fsp3) is 0.351. The number of hydrogen-bond acceptors (Lipinski definition) is 4. The molecule has 0 aliphatic heterocycles. The van der Waals surface area contributed by atoms with Crippen LogP contribution in [0.2, 0.25) is 0 Å². The number of furan rings is 1. The van der Waals surface area contributed by atoms with E-state index in [1.807, 2.05) is 58.9 Å². The number of carbonyl (C=O) groups excluding carboxylic acids is 1. The van der Waals surface area contributed by atoms with Crippen LogP contribution in [-0.4, -0.2) is 21.8 Å². The second-order valence-electron chi connectivity index (χ2n) is 12.2. The van der Waals surface area contributed by atoms with Crippen LogP contribution in [-0.2, 0) is 24.9 Å². The maximum absolute atomic E-state index is 13.6. The van der Waals surface area contributed by atoms with Gasteiger partial charge in [0.1, 0.15) is 5.58 Å². The van der Waals surface area contributed by atoms with Gasteiger partial charge in [0.25, 0.3) is 0 Å². The molecule has 1 saturated carbocycles. The molecule has 4 nitrogen and oxygen atoms in total. The molecule has 5 aromatic rings. The van der Waals surface area contributed by atoms with E-state index in [1.54, 1.807) is 6.20 Å². The maximum atomic E-state index is 13.6. The number of carbonyl (C=O) groups is 1. The van der Waals surface area contributed by atoms with Crippen LogP contribution in [0.3, 0.4) is 0 Å². The van der Waals surface area contributed by atoms with Gasteiger partial charge in [-0.25, -0.2) is 8.78 Å². The predicted molar refractivity (Wildman–Crippen MR) is 170 cm³/mol. The van der Waals surface area contributed by atoms with Crippen molar-refractivity contribution in [1.82, 2.24) is 4.98 Å². The Kier molecular flexibility index (Phi) is 10.4. The number of nitrogens with zero attached hydrogens (tertiary/aromatic N) is 1. The molecular weight excluding hydrogens is 737 g/mol. The van der Waals surface area contributed by atoms with Crippen molar-refractivity contribution in [2.45, 2.75) is 72.1 Å². The summed E-state index contributed by atoms with van der Waals surface area (Å²) in [4.78, 5) is 15.7. The molecule has 1 aliphatic carbocycles. The van der Waals surface area contributed by atoms with E-state index in [9.17, 15) is 18.7 Å². The largest absolute Gasteiger partial charge is 0.512 e. The van der Waals surface area contributed by atoms with Crippen molar-refractivity contribution in [1.29, 1.82) is 0 Å². The number of aliphatic hydroxyl groups excluding tert-OH is 1. The Morgan fingerprint density at radius 2 is 1.70 bits per heavy atom. The summed E-state index contributed by atoms with van der Waals surface area (Å²) in [5, 5.41) is 13.4. The summed E-state index contributed by atoms with van der Waals surface area (Å²) in [6.07, 6.45) is 4.12. The van der Waals surface area contributed by atoms with Crippen molar-refractivity contribution in [3.63, 3.8) is 0 Å². The van der Waals surface area contributed by atoms with Crippen LogP contribution in [0.4, 0.5) is 8.78 Å². The fourth-order valence-corrected chi connectivity index (χ4v) is 5.57. The minimum atomic E-state index is -2.51. The summed E-state index contributed by atoms with van der Waals surface area (Å²) in [6.45, 7) is 9.35. The predicted octanol–water partition coefficient (Wildman–Crippen LogP) is 10.5.